The summed E-state index contributed by atoms with van der Waals surface area (Å²) in [5.41, 5.74) is 3.60. The minimum atomic E-state index is -0.351. The van der Waals surface area contributed by atoms with Crippen molar-refractivity contribution in [3.05, 3.63) is 108 Å². The molecule has 0 spiro atoms. The molecule has 0 radical (unpaired) electrons. The number of nitrogens with zero attached hydrogens (tertiary/aromatic N) is 3. The van der Waals surface area contributed by atoms with Gasteiger partial charge in [-0.3, -0.25) is 9.78 Å². The maximum atomic E-state index is 13.7. The Morgan fingerprint density at radius 3 is 2.67 bits per heavy atom. The van der Waals surface area contributed by atoms with Crippen LogP contribution < -0.4 is 15.4 Å². The first-order valence-corrected chi connectivity index (χ1v) is 13.6. The zero-order chi connectivity index (χ0) is 29.9. The molecule has 1 amide bonds. The van der Waals surface area contributed by atoms with Crippen molar-refractivity contribution >= 4 is 28.2 Å². The Balaban J connectivity index is 1.69. The molecule has 0 aliphatic heterocycles. The Labute approximate surface area is 245 Å². The second kappa shape index (κ2) is 14.7. The number of hydrogen-bond acceptors (Lipinski definition) is 7. The largest absolute Gasteiger partial charge is 0.492 e. The van der Waals surface area contributed by atoms with Gasteiger partial charge >= 0.3 is 0 Å². The van der Waals surface area contributed by atoms with Crippen molar-refractivity contribution in [3.8, 4) is 11.8 Å². The number of hydrogen-bond donors (Lipinski definition) is 2. The predicted molar refractivity (Wildman–Crippen MR) is 163 cm³/mol. The summed E-state index contributed by atoms with van der Waals surface area (Å²) in [6.45, 7) is 3.34. The van der Waals surface area contributed by atoms with Crippen LogP contribution in [0.4, 0.5) is 15.8 Å². The molecular weight excluding hydrogens is 533 g/mol. The summed E-state index contributed by atoms with van der Waals surface area (Å²) in [4.78, 5) is 19.2. The van der Waals surface area contributed by atoms with Crippen LogP contribution in [0.25, 0.3) is 10.9 Å². The molecular formula is C33H34FN5O3. The summed E-state index contributed by atoms with van der Waals surface area (Å²) in [6.07, 6.45) is 4.76. The van der Waals surface area contributed by atoms with E-state index in [2.05, 4.69) is 21.7 Å². The number of pyridine rings is 1. The average molecular weight is 568 g/mol. The van der Waals surface area contributed by atoms with E-state index in [4.69, 9.17) is 9.47 Å². The number of nitriles is 1. The fraction of sp³-hybridized carbons (Fsp3) is 0.242. The molecule has 0 fully saturated rings. The zero-order valence-corrected chi connectivity index (χ0v) is 23.9. The van der Waals surface area contributed by atoms with Gasteiger partial charge in [-0.2, -0.15) is 5.26 Å². The van der Waals surface area contributed by atoms with E-state index in [9.17, 15) is 14.4 Å². The van der Waals surface area contributed by atoms with Crippen LogP contribution in [-0.4, -0.2) is 49.6 Å². The smallest absolute Gasteiger partial charge is 0.248 e. The molecule has 1 atom stereocenters. The van der Waals surface area contributed by atoms with E-state index in [0.717, 1.165) is 11.1 Å². The fourth-order valence-corrected chi connectivity index (χ4v) is 4.38. The van der Waals surface area contributed by atoms with Gasteiger partial charge in [-0.25, -0.2) is 4.39 Å². The Kier molecular flexibility index (Phi) is 10.6. The molecule has 8 nitrogen and oxygen atoms in total. The first-order valence-electron chi connectivity index (χ1n) is 13.6. The molecule has 3 aromatic carbocycles. The van der Waals surface area contributed by atoms with Crippen LogP contribution in [0.3, 0.4) is 0 Å². The number of carbonyl (C=O) groups is 1. The maximum Gasteiger partial charge on any atom is 0.248 e. The zero-order valence-electron chi connectivity index (χ0n) is 23.9. The Morgan fingerprint density at radius 2 is 1.95 bits per heavy atom. The molecule has 0 aliphatic rings. The molecule has 42 heavy (non-hydrogen) atoms. The lowest BCUT2D eigenvalue weighted by Crippen LogP contribution is -2.18. The van der Waals surface area contributed by atoms with Gasteiger partial charge in [0.1, 0.15) is 17.6 Å². The van der Waals surface area contributed by atoms with Gasteiger partial charge in [0.25, 0.3) is 0 Å². The molecule has 1 aromatic heterocycles. The third-order valence-corrected chi connectivity index (χ3v) is 6.35. The molecule has 0 bridgehead atoms. The van der Waals surface area contributed by atoms with Gasteiger partial charge in [-0.05, 0) is 50.3 Å². The predicted octanol–water partition coefficient (Wildman–Crippen LogP) is 6.07. The third-order valence-electron chi connectivity index (χ3n) is 6.35. The van der Waals surface area contributed by atoms with Gasteiger partial charge < -0.3 is 25.0 Å². The minimum Gasteiger partial charge on any atom is -0.492 e. The Bertz CT molecular complexity index is 1580. The standard InChI is InChI=1S/C33H34FN5O3/c1-4-42-31-18-28-27(17-29(31)37-32(40)14-9-15-39(2)3)33(25(19-35)20-36-28)38-30(24-11-6-5-7-12-24)22-41-21-23-10-8-13-26(34)16-23/h5-14,16-18,20,30H,4,15,21-22H2,1-3H3,(H,36,38)(H,37,40)/t30-/m1/s1. The summed E-state index contributed by atoms with van der Waals surface area (Å²) in [6, 6.07) is 21.4. The highest BCUT2D eigenvalue weighted by molar-refractivity contribution is 6.04. The number of nitrogens with one attached hydrogen (secondary N) is 2. The van der Waals surface area contributed by atoms with Gasteiger partial charge in [-0.15, -0.1) is 0 Å². The topological polar surface area (TPSA) is 99.5 Å². The van der Waals surface area contributed by atoms with Crippen molar-refractivity contribution < 1.29 is 18.7 Å². The van der Waals surface area contributed by atoms with E-state index < -0.39 is 0 Å². The number of ether oxygens (including phenoxy) is 2. The van der Waals surface area contributed by atoms with Crippen molar-refractivity contribution in [1.29, 1.82) is 5.26 Å². The number of benzene rings is 3. The summed E-state index contributed by atoms with van der Waals surface area (Å²) >= 11 is 0. The van der Waals surface area contributed by atoms with Gasteiger partial charge in [0.2, 0.25) is 5.91 Å². The number of amides is 1. The molecule has 4 rings (SSSR count). The molecule has 0 unspecified atom stereocenters. The number of carbonyl (C=O) groups excluding carboxylic acids is 1. The number of anilines is 2. The highest BCUT2D eigenvalue weighted by Crippen LogP contribution is 2.36. The van der Waals surface area contributed by atoms with Gasteiger partial charge in [0.05, 0.1) is 48.3 Å². The molecule has 0 aliphatic carbocycles. The van der Waals surface area contributed by atoms with Crippen LogP contribution in [0, 0.1) is 17.1 Å². The highest BCUT2D eigenvalue weighted by atomic mass is 19.1. The number of aromatic nitrogens is 1. The van der Waals surface area contributed by atoms with Gasteiger partial charge in [-0.1, -0.05) is 48.5 Å². The summed E-state index contributed by atoms with van der Waals surface area (Å²) in [7, 11) is 3.84. The molecule has 0 saturated heterocycles. The minimum absolute atomic E-state index is 0.222. The van der Waals surface area contributed by atoms with Crippen molar-refractivity contribution in [2.24, 2.45) is 0 Å². The van der Waals surface area contributed by atoms with E-state index in [1.165, 1.54) is 24.4 Å². The fourth-order valence-electron chi connectivity index (χ4n) is 4.38. The molecule has 1 heterocycles. The van der Waals surface area contributed by atoms with E-state index in [-0.39, 0.29) is 31.0 Å². The number of rotatable bonds is 13. The Morgan fingerprint density at radius 1 is 1.14 bits per heavy atom. The average Bonchev–Trinajstić information content (AvgIpc) is 2.97. The van der Waals surface area contributed by atoms with Crippen molar-refractivity contribution in [2.75, 3.05) is 44.5 Å². The number of fused-ring (bicyclic) bond motifs is 1. The van der Waals surface area contributed by atoms with Gasteiger partial charge in [0.15, 0.2) is 0 Å². The molecule has 9 heteroatoms. The summed E-state index contributed by atoms with van der Waals surface area (Å²) < 4.78 is 25.5. The van der Waals surface area contributed by atoms with Crippen LogP contribution in [0.5, 0.6) is 5.75 Å². The number of halogens is 1. The van der Waals surface area contributed by atoms with E-state index in [1.54, 1.807) is 30.3 Å². The molecule has 216 valence electrons. The highest BCUT2D eigenvalue weighted by Gasteiger charge is 2.19. The lowest BCUT2D eigenvalue weighted by Gasteiger charge is -2.23. The second-order valence-electron chi connectivity index (χ2n) is 9.86. The van der Waals surface area contributed by atoms with E-state index in [1.807, 2.05) is 56.3 Å². The molecule has 4 aromatic rings. The van der Waals surface area contributed by atoms with E-state index >= 15 is 0 Å². The Hall–Kier alpha value is -4.78. The van der Waals surface area contributed by atoms with Crippen LogP contribution in [0.2, 0.25) is 0 Å². The normalized spacial score (nSPS) is 11.9. The second-order valence-corrected chi connectivity index (χ2v) is 9.86. The lowest BCUT2D eigenvalue weighted by molar-refractivity contribution is -0.111. The third kappa shape index (κ3) is 8.13. The van der Waals surface area contributed by atoms with Crippen LogP contribution >= 0.6 is 0 Å². The van der Waals surface area contributed by atoms with Crippen LogP contribution in [-0.2, 0) is 16.1 Å². The van der Waals surface area contributed by atoms with Crippen molar-refractivity contribution in [2.45, 2.75) is 19.6 Å². The van der Waals surface area contributed by atoms with Crippen LogP contribution in [0.1, 0.15) is 29.7 Å². The maximum absolute atomic E-state index is 13.7. The van der Waals surface area contributed by atoms with E-state index in [0.29, 0.717) is 46.7 Å². The molecule has 2 N–H and O–H groups in total. The number of likely N-dealkylation sites (N-methyl/N-ethyl adjacent to an activating group) is 1. The quantitative estimate of drug-likeness (QED) is 0.189. The monoisotopic (exact) mass is 567 g/mol. The summed E-state index contributed by atoms with van der Waals surface area (Å²) in [5.74, 6) is -0.150. The van der Waals surface area contributed by atoms with Crippen molar-refractivity contribution in [3.63, 3.8) is 0 Å². The van der Waals surface area contributed by atoms with Crippen molar-refractivity contribution in [1.82, 2.24) is 9.88 Å². The molecule has 0 saturated carbocycles. The SMILES string of the molecule is CCOc1cc2ncc(C#N)c(N[C@H](COCc3cccc(F)c3)c3ccccc3)c2cc1NC(=O)C=CCN(C)C. The first-order chi connectivity index (χ1) is 20.4. The summed E-state index contributed by atoms with van der Waals surface area (Å²) in [5, 5.41) is 17.0. The van der Waals surface area contributed by atoms with Gasteiger partial charge in [0, 0.05) is 30.3 Å². The van der Waals surface area contributed by atoms with Crippen LogP contribution in [0.15, 0.2) is 85.1 Å². The lowest BCUT2D eigenvalue weighted by atomic mass is 10.0. The first kappa shape index (κ1) is 30.2.